The molecule has 0 fully saturated rings. The molecule has 142 valence electrons. The largest absolute Gasteiger partial charge is 0.496 e. The van der Waals surface area contributed by atoms with E-state index in [0.717, 1.165) is 48.9 Å². The smallest absolute Gasteiger partial charge is 0.190 e. The van der Waals surface area contributed by atoms with Gasteiger partial charge in [-0.15, -0.1) is 11.3 Å². The standard InChI is InChI=1S/C20H30N4OS/c1-14(2)19-24-17(13-26-19)9-11-23-20(21-4)22-10-8-16-7-6-15(3)18(12-16)25-5/h6-7,12-14H,8-11H2,1-5H3,(H2,21,22,23). The summed E-state index contributed by atoms with van der Waals surface area (Å²) in [6.45, 7) is 8.05. The normalized spacial score (nSPS) is 11.7. The van der Waals surface area contributed by atoms with Gasteiger partial charge in [-0.05, 0) is 30.5 Å². The maximum Gasteiger partial charge on any atom is 0.190 e. The highest BCUT2D eigenvalue weighted by molar-refractivity contribution is 7.09. The van der Waals surface area contributed by atoms with E-state index in [9.17, 15) is 0 Å². The quantitative estimate of drug-likeness (QED) is 0.548. The molecule has 0 aliphatic heterocycles. The van der Waals surface area contributed by atoms with Gasteiger partial charge in [0.25, 0.3) is 0 Å². The van der Waals surface area contributed by atoms with Gasteiger partial charge in [0.05, 0.1) is 17.8 Å². The Kier molecular flexibility index (Phi) is 7.91. The fourth-order valence-corrected chi connectivity index (χ4v) is 3.45. The first kappa shape index (κ1) is 20.2. The lowest BCUT2D eigenvalue weighted by atomic mass is 10.1. The van der Waals surface area contributed by atoms with Crippen LogP contribution >= 0.6 is 11.3 Å². The lowest BCUT2D eigenvalue weighted by Gasteiger charge is -2.12. The zero-order valence-corrected chi connectivity index (χ0v) is 17.2. The SMILES string of the molecule is CN=C(NCCc1ccc(C)c(OC)c1)NCCc1csc(C(C)C)n1. The van der Waals surface area contributed by atoms with Crippen LogP contribution in [0.5, 0.6) is 5.75 Å². The molecule has 0 amide bonds. The molecular formula is C20H30N4OS. The molecule has 2 N–H and O–H groups in total. The van der Waals surface area contributed by atoms with Crippen molar-refractivity contribution in [2.24, 2.45) is 4.99 Å². The molecule has 1 aromatic heterocycles. The zero-order valence-electron chi connectivity index (χ0n) is 16.4. The van der Waals surface area contributed by atoms with Crippen molar-refractivity contribution in [2.75, 3.05) is 27.2 Å². The number of benzene rings is 1. The van der Waals surface area contributed by atoms with Crippen molar-refractivity contribution in [1.82, 2.24) is 15.6 Å². The molecule has 0 spiro atoms. The molecule has 0 radical (unpaired) electrons. The Bertz CT molecular complexity index is 724. The molecule has 0 saturated carbocycles. The number of thiazole rings is 1. The third-order valence-corrected chi connectivity index (χ3v) is 5.33. The molecule has 2 rings (SSSR count). The first-order chi connectivity index (χ1) is 12.5. The summed E-state index contributed by atoms with van der Waals surface area (Å²) in [5, 5.41) is 10.1. The zero-order chi connectivity index (χ0) is 18.9. The monoisotopic (exact) mass is 374 g/mol. The van der Waals surface area contributed by atoms with Crippen molar-refractivity contribution in [3.8, 4) is 5.75 Å². The highest BCUT2D eigenvalue weighted by atomic mass is 32.1. The molecule has 0 unspecified atom stereocenters. The maximum atomic E-state index is 5.38. The predicted molar refractivity (Wildman–Crippen MR) is 111 cm³/mol. The molecule has 5 nitrogen and oxygen atoms in total. The molecule has 0 aliphatic carbocycles. The van der Waals surface area contributed by atoms with Crippen molar-refractivity contribution < 1.29 is 4.74 Å². The molecule has 0 atom stereocenters. The summed E-state index contributed by atoms with van der Waals surface area (Å²) in [5.41, 5.74) is 3.55. The van der Waals surface area contributed by atoms with Gasteiger partial charge in [-0.25, -0.2) is 4.98 Å². The summed E-state index contributed by atoms with van der Waals surface area (Å²) < 4.78 is 5.38. The van der Waals surface area contributed by atoms with Crippen molar-refractivity contribution in [2.45, 2.75) is 39.5 Å². The van der Waals surface area contributed by atoms with Gasteiger partial charge in [0.2, 0.25) is 0 Å². The van der Waals surface area contributed by atoms with Gasteiger partial charge in [0.15, 0.2) is 5.96 Å². The number of guanidine groups is 1. The second-order valence-corrected chi connectivity index (χ2v) is 7.45. The van der Waals surface area contributed by atoms with Gasteiger partial charge in [-0.2, -0.15) is 0 Å². The van der Waals surface area contributed by atoms with Crippen LogP contribution in [0.4, 0.5) is 0 Å². The van der Waals surface area contributed by atoms with Gasteiger partial charge in [0.1, 0.15) is 5.75 Å². The van der Waals surface area contributed by atoms with E-state index in [-0.39, 0.29) is 0 Å². The van der Waals surface area contributed by atoms with Crippen molar-refractivity contribution in [3.63, 3.8) is 0 Å². The van der Waals surface area contributed by atoms with Crippen LogP contribution in [0, 0.1) is 6.92 Å². The highest BCUT2D eigenvalue weighted by Crippen LogP contribution is 2.19. The second-order valence-electron chi connectivity index (χ2n) is 6.56. The summed E-state index contributed by atoms with van der Waals surface area (Å²) >= 11 is 1.74. The Morgan fingerprint density at radius 1 is 1.23 bits per heavy atom. The van der Waals surface area contributed by atoms with Crippen molar-refractivity contribution >= 4 is 17.3 Å². The molecule has 1 aromatic carbocycles. The molecule has 0 bridgehead atoms. The number of hydrogen-bond donors (Lipinski definition) is 2. The first-order valence-electron chi connectivity index (χ1n) is 9.05. The van der Waals surface area contributed by atoms with Crippen LogP contribution in [0.2, 0.25) is 0 Å². The highest BCUT2D eigenvalue weighted by Gasteiger charge is 2.06. The molecule has 0 saturated heterocycles. The van der Waals surface area contributed by atoms with E-state index in [1.165, 1.54) is 10.6 Å². The van der Waals surface area contributed by atoms with Crippen LogP contribution in [-0.4, -0.2) is 38.2 Å². The summed E-state index contributed by atoms with van der Waals surface area (Å²) in [7, 11) is 3.51. The lowest BCUT2D eigenvalue weighted by Crippen LogP contribution is -2.39. The predicted octanol–water partition coefficient (Wildman–Crippen LogP) is 3.53. The number of methoxy groups -OCH3 is 1. The van der Waals surface area contributed by atoms with Gasteiger partial charge < -0.3 is 15.4 Å². The molecule has 0 aliphatic rings. The number of hydrogen-bond acceptors (Lipinski definition) is 4. The Hall–Kier alpha value is -2.08. The lowest BCUT2D eigenvalue weighted by molar-refractivity contribution is 0.411. The average Bonchev–Trinajstić information content (AvgIpc) is 3.11. The average molecular weight is 375 g/mol. The third kappa shape index (κ3) is 6.02. The van der Waals surface area contributed by atoms with Crippen molar-refractivity contribution in [3.05, 3.63) is 45.4 Å². The number of aliphatic imine (C=N–C) groups is 1. The van der Waals surface area contributed by atoms with E-state index in [1.54, 1.807) is 25.5 Å². The van der Waals surface area contributed by atoms with E-state index in [0.29, 0.717) is 5.92 Å². The molecule has 6 heteroatoms. The minimum atomic E-state index is 0.497. The molecule has 26 heavy (non-hydrogen) atoms. The molecular weight excluding hydrogens is 344 g/mol. The van der Waals surface area contributed by atoms with E-state index < -0.39 is 0 Å². The molecule has 2 aromatic rings. The van der Waals surface area contributed by atoms with Crippen LogP contribution in [0.1, 0.15) is 41.6 Å². The Morgan fingerprint density at radius 3 is 2.58 bits per heavy atom. The number of aryl methyl sites for hydroxylation is 1. The number of nitrogens with one attached hydrogen (secondary N) is 2. The fourth-order valence-electron chi connectivity index (χ4n) is 2.58. The van der Waals surface area contributed by atoms with E-state index in [4.69, 9.17) is 4.74 Å². The number of ether oxygens (including phenoxy) is 1. The number of nitrogens with zero attached hydrogens (tertiary/aromatic N) is 2. The van der Waals surface area contributed by atoms with Crippen LogP contribution in [0.3, 0.4) is 0 Å². The Balaban J connectivity index is 1.73. The number of aromatic nitrogens is 1. The Morgan fingerprint density at radius 2 is 1.96 bits per heavy atom. The van der Waals surface area contributed by atoms with Gasteiger partial charge in [0, 0.05) is 37.9 Å². The van der Waals surface area contributed by atoms with E-state index in [1.807, 2.05) is 0 Å². The van der Waals surface area contributed by atoms with E-state index >= 15 is 0 Å². The summed E-state index contributed by atoms with van der Waals surface area (Å²) in [6, 6.07) is 6.34. The van der Waals surface area contributed by atoms with Gasteiger partial charge >= 0.3 is 0 Å². The third-order valence-electron chi connectivity index (χ3n) is 4.14. The minimum absolute atomic E-state index is 0.497. The van der Waals surface area contributed by atoms with Gasteiger partial charge in [-0.3, -0.25) is 4.99 Å². The molecule has 1 heterocycles. The summed E-state index contributed by atoms with van der Waals surface area (Å²) in [6.07, 6.45) is 1.82. The summed E-state index contributed by atoms with van der Waals surface area (Å²) in [4.78, 5) is 8.95. The van der Waals surface area contributed by atoms with Gasteiger partial charge in [-0.1, -0.05) is 26.0 Å². The van der Waals surface area contributed by atoms with E-state index in [2.05, 4.69) is 65.0 Å². The fraction of sp³-hybridized carbons (Fsp3) is 0.500. The topological polar surface area (TPSA) is 58.5 Å². The first-order valence-corrected chi connectivity index (χ1v) is 9.93. The number of rotatable bonds is 8. The van der Waals surface area contributed by atoms with Crippen LogP contribution in [0.25, 0.3) is 0 Å². The Labute approximate surface area is 160 Å². The van der Waals surface area contributed by atoms with Crippen LogP contribution in [0.15, 0.2) is 28.6 Å². The minimum Gasteiger partial charge on any atom is -0.496 e. The second kappa shape index (κ2) is 10.2. The van der Waals surface area contributed by atoms with Crippen molar-refractivity contribution in [1.29, 1.82) is 0 Å². The van der Waals surface area contributed by atoms with Crippen LogP contribution < -0.4 is 15.4 Å². The maximum absolute atomic E-state index is 5.38. The van der Waals surface area contributed by atoms with Crippen LogP contribution in [-0.2, 0) is 12.8 Å². The summed E-state index contributed by atoms with van der Waals surface area (Å²) in [5.74, 6) is 2.26.